The average Bonchev–Trinajstić information content (AvgIpc) is 2.28. The second-order valence-electron chi connectivity index (χ2n) is 4.31. The predicted molar refractivity (Wildman–Crippen MR) is 74.7 cm³/mol. The first-order valence-electron chi connectivity index (χ1n) is 5.82. The largest absolute Gasteiger partial charge is 0.382 e. The van der Waals surface area contributed by atoms with Gasteiger partial charge in [0.15, 0.2) is 0 Å². The molecule has 2 atom stereocenters. The number of nitrogens with two attached hydrogens (primary N) is 1. The van der Waals surface area contributed by atoms with Crippen molar-refractivity contribution in [3.63, 3.8) is 0 Å². The van der Waals surface area contributed by atoms with E-state index < -0.39 is 0 Å². The van der Waals surface area contributed by atoms with Crippen molar-refractivity contribution in [2.45, 2.75) is 25.4 Å². The van der Waals surface area contributed by atoms with Crippen LogP contribution >= 0.6 is 12.4 Å². The Morgan fingerprint density at radius 3 is 2.47 bits per heavy atom. The van der Waals surface area contributed by atoms with Crippen LogP contribution in [0.2, 0.25) is 0 Å². The van der Waals surface area contributed by atoms with Gasteiger partial charge in [0, 0.05) is 19.6 Å². The SMILES string of the molecule is COCC(NC(=O)CC(C)N)c1ccc(F)cc1.Cl. The zero-order valence-electron chi connectivity index (χ0n) is 11.1. The van der Waals surface area contributed by atoms with Crippen LogP contribution in [-0.4, -0.2) is 25.7 Å². The number of carbonyl (C=O) groups is 1. The molecule has 3 N–H and O–H groups in total. The molecule has 108 valence electrons. The van der Waals surface area contributed by atoms with Gasteiger partial charge < -0.3 is 15.8 Å². The van der Waals surface area contributed by atoms with Crippen LogP contribution in [0.4, 0.5) is 4.39 Å². The standard InChI is InChI=1S/C13H19FN2O2.ClH/c1-9(15)7-13(17)16-12(8-18-2)10-3-5-11(14)6-4-10;/h3-6,9,12H,7-8,15H2,1-2H3,(H,16,17);1H. The molecule has 0 aliphatic rings. The van der Waals surface area contributed by atoms with E-state index in [9.17, 15) is 9.18 Å². The third kappa shape index (κ3) is 6.52. The van der Waals surface area contributed by atoms with E-state index in [1.54, 1.807) is 26.2 Å². The first kappa shape index (κ1) is 17.8. The normalized spacial score (nSPS) is 13.3. The molecule has 0 spiro atoms. The molecule has 0 saturated carbocycles. The summed E-state index contributed by atoms with van der Waals surface area (Å²) < 4.78 is 17.9. The summed E-state index contributed by atoms with van der Waals surface area (Å²) in [5.74, 6) is -0.451. The van der Waals surface area contributed by atoms with Gasteiger partial charge in [0.25, 0.3) is 0 Å². The number of hydrogen-bond donors (Lipinski definition) is 2. The minimum atomic E-state index is -0.308. The van der Waals surface area contributed by atoms with Crippen LogP contribution in [0.15, 0.2) is 24.3 Å². The third-order valence-electron chi connectivity index (χ3n) is 2.45. The monoisotopic (exact) mass is 290 g/mol. The molecule has 1 aromatic carbocycles. The van der Waals surface area contributed by atoms with Crippen molar-refractivity contribution in [3.05, 3.63) is 35.6 Å². The molecular formula is C13H20ClFN2O2. The van der Waals surface area contributed by atoms with Crippen molar-refractivity contribution in [2.24, 2.45) is 5.73 Å². The predicted octanol–water partition coefficient (Wildman–Crippen LogP) is 1.79. The fourth-order valence-corrected chi connectivity index (χ4v) is 1.63. The van der Waals surface area contributed by atoms with Crippen molar-refractivity contribution < 1.29 is 13.9 Å². The molecule has 0 heterocycles. The van der Waals surface area contributed by atoms with Crippen LogP contribution in [-0.2, 0) is 9.53 Å². The van der Waals surface area contributed by atoms with Gasteiger partial charge in [-0.05, 0) is 24.6 Å². The van der Waals surface area contributed by atoms with Gasteiger partial charge in [-0.2, -0.15) is 0 Å². The second kappa shape index (κ2) is 8.85. The van der Waals surface area contributed by atoms with E-state index in [2.05, 4.69) is 5.32 Å². The Morgan fingerprint density at radius 2 is 2.00 bits per heavy atom. The van der Waals surface area contributed by atoms with Gasteiger partial charge in [-0.25, -0.2) is 4.39 Å². The number of nitrogens with one attached hydrogen (secondary N) is 1. The van der Waals surface area contributed by atoms with Gasteiger partial charge >= 0.3 is 0 Å². The van der Waals surface area contributed by atoms with E-state index in [4.69, 9.17) is 10.5 Å². The number of halogens is 2. The lowest BCUT2D eigenvalue weighted by Gasteiger charge is -2.19. The smallest absolute Gasteiger partial charge is 0.222 e. The number of carbonyl (C=O) groups excluding carboxylic acids is 1. The lowest BCUT2D eigenvalue weighted by atomic mass is 10.1. The van der Waals surface area contributed by atoms with Gasteiger partial charge in [0.05, 0.1) is 12.6 Å². The van der Waals surface area contributed by atoms with Gasteiger partial charge in [-0.15, -0.1) is 12.4 Å². The first-order chi connectivity index (χ1) is 8.52. The van der Waals surface area contributed by atoms with Crippen molar-refractivity contribution in [3.8, 4) is 0 Å². The molecule has 4 nitrogen and oxygen atoms in total. The van der Waals surface area contributed by atoms with Crippen LogP contribution in [0.25, 0.3) is 0 Å². The lowest BCUT2D eigenvalue weighted by Crippen LogP contribution is -2.34. The van der Waals surface area contributed by atoms with Crippen LogP contribution in [0.3, 0.4) is 0 Å². The Bertz CT molecular complexity index is 385. The second-order valence-corrected chi connectivity index (χ2v) is 4.31. The van der Waals surface area contributed by atoms with Gasteiger partial charge in [0.1, 0.15) is 5.82 Å². The van der Waals surface area contributed by atoms with Crippen LogP contribution in [0, 0.1) is 5.82 Å². The van der Waals surface area contributed by atoms with E-state index in [0.717, 1.165) is 5.56 Å². The summed E-state index contributed by atoms with van der Waals surface area (Å²) in [6, 6.07) is 5.49. The molecule has 19 heavy (non-hydrogen) atoms. The summed E-state index contributed by atoms with van der Waals surface area (Å²) in [5.41, 5.74) is 6.36. The molecule has 1 aromatic rings. The zero-order chi connectivity index (χ0) is 13.5. The van der Waals surface area contributed by atoms with E-state index in [1.807, 2.05) is 0 Å². The Balaban J connectivity index is 0.00000324. The maximum atomic E-state index is 12.8. The summed E-state index contributed by atoms with van der Waals surface area (Å²) >= 11 is 0. The van der Waals surface area contributed by atoms with Crippen LogP contribution in [0.5, 0.6) is 0 Å². The Morgan fingerprint density at radius 1 is 1.42 bits per heavy atom. The van der Waals surface area contributed by atoms with Crippen molar-refractivity contribution in [2.75, 3.05) is 13.7 Å². The van der Waals surface area contributed by atoms with E-state index in [-0.39, 0.29) is 42.6 Å². The summed E-state index contributed by atoms with van der Waals surface area (Å²) in [6.45, 7) is 2.10. The first-order valence-corrected chi connectivity index (χ1v) is 5.82. The molecule has 6 heteroatoms. The summed E-state index contributed by atoms with van der Waals surface area (Å²) in [5, 5.41) is 2.82. The van der Waals surface area contributed by atoms with Gasteiger partial charge in [-0.1, -0.05) is 12.1 Å². The molecule has 0 radical (unpaired) electrons. The highest BCUT2D eigenvalue weighted by Gasteiger charge is 2.15. The molecule has 1 rings (SSSR count). The Kier molecular flexibility index (Phi) is 8.30. The zero-order valence-corrected chi connectivity index (χ0v) is 11.9. The number of amides is 1. The average molecular weight is 291 g/mol. The summed E-state index contributed by atoms with van der Waals surface area (Å²) in [6.07, 6.45) is 0.251. The number of methoxy groups -OCH3 is 1. The molecular weight excluding hydrogens is 271 g/mol. The third-order valence-corrected chi connectivity index (χ3v) is 2.45. The van der Waals surface area contributed by atoms with E-state index >= 15 is 0 Å². The highest BCUT2D eigenvalue weighted by molar-refractivity contribution is 5.85. The van der Waals surface area contributed by atoms with E-state index in [1.165, 1.54) is 12.1 Å². The minimum Gasteiger partial charge on any atom is -0.382 e. The molecule has 2 unspecified atom stereocenters. The molecule has 0 saturated heterocycles. The number of benzene rings is 1. The summed E-state index contributed by atoms with van der Waals surface area (Å²) in [7, 11) is 1.55. The van der Waals surface area contributed by atoms with Crippen LogP contribution < -0.4 is 11.1 Å². The quantitative estimate of drug-likeness (QED) is 0.839. The Labute approximate surface area is 118 Å². The minimum absolute atomic E-state index is 0. The topological polar surface area (TPSA) is 64.3 Å². The molecule has 0 aliphatic carbocycles. The fourth-order valence-electron chi connectivity index (χ4n) is 1.63. The van der Waals surface area contributed by atoms with Crippen LogP contribution in [0.1, 0.15) is 24.9 Å². The molecule has 0 fully saturated rings. The van der Waals surface area contributed by atoms with Crippen molar-refractivity contribution in [1.82, 2.24) is 5.32 Å². The van der Waals surface area contributed by atoms with Gasteiger partial charge in [-0.3, -0.25) is 4.79 Å². The number of ether oxygens (including phenoxy) is 1. The highest BCUT2D eigenvalue weighted by Crippen LogP contribution is 2.14. The van der Waals surface area contributed by atoms with Crippen molar-refractivity contribution >= 4 is 18.3 Å². The molecule has 1 amide bonds. The van der Waals surface area contributed by atoms with Crippen molar-refractivity contribution in [1.29, 1.82) is 0 Å². The molecule has 0 aromatic heterocycles. The van der Waals surface area contributed by atoms with E-state index in [0.29, 0.717) is 6.61 Å². The molecule has 0 aliphatic heterocycles. The fraction of sp³-hybridized carbons (Fsp3) is 0.462. The van der Waals surface area contributed by atoms with Gasteiger partial charge in [0.2, 0.25) is 5.91 Å². The summed E-state index contributed by atoms with van der Waals surface area (Å²) in [4.78, 5) is 11.7. The lowest BCUT2D eigenvalue weighted by molar-refractivity contribution is -0.122. The maximum Gasteiger partial charge on any atom is 0.222 e. The number of hydrogen-bond acceptors (Lipinski definition) is 3. The molecule has 0 bridgehead atoms. The number of rotatable bonds is 6. The Hall–Kier alpha value is -1.17. The maximum absolute atomic E-state index is 12.8. The highest BCUT2D eigenvalue weighted by atomic mass is 35.5.